The highest BCUT2D eigenvalue weighted by atomic mass is 31.2. The van der Waals surface area contributed by atoms with Crippen LogP contribution in [0.4, 0.5) is 0 Å². The van der Waals surface area contributed by atoms with Crippen LogP contribution in [0.5, 0.6) is 0 Å². The zero-order valence-corrected chi connectivity index (χ0v) is 74.8. The van der Waals surface area contributed by atoms with Gasteiger partial charge in [0, 0.05) is 25.7 Å². The van der Waals surface area contributed by atoms with Crippen molar-refractivity contribution in [2.75, 3.05) is 26.4 Å². The van der Waals surface area contributed by atoms with Crippen LogP contribution in [-0.2, 0) is 70.7 Å². The first-order valence-electron chi connectivity index (χ1n) is 47.5. The molecule has 19 atom stereocenters. The number of aliphatic hydroxyl groups excluding tert-OH is 9. The quantitative estimate of drug-likeness (QED) is 0.00889. The van der Waals surface area contributed by atoms with E-state index in [1.807, 2.05) is 0 Å². The van der Waals surface area contributed by atoms with Gasteiger partial charge in [0.15, 0.2) is 24.8 Å². The van der Waals surface area contributed by atoms with Crippen molar-refractivity contribution in [3.05, 3.63) is 24.3 Å². The lowest BCUT2D eigenvalue weighted by molar-refractivity contribution is -0.360. The monoisotopic (exact) mass is 1710 g/mol. The van der Waals surface area contributed by atoms with Gasteiger partial charge in [-0.15, -0.1) is 0 Å². The Hall–Kier alpha value is -3.05. The highest BCUT2D eigenvalue weighted by molar-refractivity contribution is 7.47. The SMILES string of the molecule is CCCCCC/C=C\CCCCCCCCCC(=O)OCC1OC(OC2C(OC(=O)CCCCCCCCCCCCCCC)C(O)C(O)C(OC3OC(CO)C(O)C(O)C3O)C2OP(=O)(O)OCC(COC(=O)CCCCCCCCC(C)CCCCCCCC)OC(=O)CCCCCCCCC/C=C\CCCCCC)C(O)C(O)C1O. The topological polar surface area (TPSA) is 380 Å². The summed E-state index contributed by atoms with van der Waals surface area (Å²) in [4.78, 5) is 66.5. The average molecular weight is 1710 g/mol. The number of carbonyl (C=O) groups is 4. The zero-order valence-electron chi connectivity index (χ0n) is 73.9. The number of rotatable bonds is 76. The van der Waals surface area contributed by atoms with Gasteiger partial charge in [0.05, 0.1) is 13.2 Å². The van der Waals surface area contributed by atoms with Crippen molar-refractivity contribution in [1.29, 1.82) is 0 Å². The first-order valence-corrected chi connectivity index (χ1v) is 49.0. The van der Waals surface area contributed by atoms with Crippen LogP contribution in [0.2, 0.25) is 0 Å². The summed E-state index contributed by atoms with van der Waals surface area (Å²) in [6, 6.07) is 0. The van der Waals surface area contributed by atoms with Crippen LogP contribution in [0.25, 0.3) is 0 Å². The first-order chi connectivity index (χ1) is 57.1. The van der Waals surface area contributed by atoms with Crippen LogP contribution >= 0.6 is 7.82 Å². The Bertz CT molecular complexity index is 2570. The molecule has 10 N–H and O–H groups in total. The summed E-state index contributed by atoms with van der Waals surface area (Å²) in [5.41, 5.74) is 0. The van der Waals surface area contributed by atoms with Gasteiger partial charge < -0.3 is 88.7 Å². The molecule has 0 aromatic heterocycles. The van der Waals surface area contributed by atoms with Gasteiger partial charge in [-0.2, -0.15) is 0 Å². The Labute approximate surface area is 711 Å². The van der Waals surface area contributed by atoms with Gasteiger partial charge >= 0.3 is 31.7 Å². The molecular weight excluding hydrogens is 1540 g/mol. The first kappa shape index (κ1) is 109. The second-order valence-corrected chi connectivity index (χ2v) is 35.6. The molecule has 0 amide bonds. The van der Waals surface area contributed by atoms with Gasteiger partial charge in [0.25, 0.3) is 0 Å². The lowest BCUT2D eigenvalue weighted by Gasteiger charge is -2.50. The summed E-state index contributed by atoms with van der Waals surface area (Å²) in [7, 11) is -5.81. The summed E-state index contributed by atoms with van der Waals surface area (Å²) >= 11 is 0. The number of esters is 4. The molecule has 692 valence electrons. The minimum absolute atomic E-state index is 0.00942. The summed E-state index contributed by atoms with van der Waals surface area (Å²) < 4.78 is 73.5. The zero-order chi connectivity index (χ0) is 86.2. The van der Waals surface area contributed by atoms with Gasteiger partial charge in [-0.25, -0.2) is 4.57 Å². The summed E-state index contributed by atoms with van der Waals surface area (Å²) in [6.07, 6.45) is 28.8. The number of hydrogen-bond acceptors (Lipinski definition) is 24. The van der Waals surface area contributed by atoms with E-state index in [0.29, 0.717) is 44.4 Å². The summed E-state index contributed by atoms with van der Waals surface area (Å²) in [5, 5.41) is 102. The van der Waals surface area contributed by atoms with Crippen LogP contribution < -0.4 is 0 Å². The van der Waals surface area contributed by atoms with Crippen molar-refractivity contribution >= 4 is 31.7 Å². The Morgan fingerprint density at radius 1 is 0.356 bits per heavy atom. The van der Waals surface area contributed by atoms with Crippen molar-refractivity contribution in [2.24, 2.45) is 5.92 Å². The van der Waals surface area contributed by atoms with E-state index in [1.165, 1.54) is 141 Å². The number of allylic oxidation sites excluding steroid dienone is 4. The fraction of sp³-hybridized carbons (Fsp3) is 0.913. The second kappa shape index (κ2) is 70.2. The van der Waals surface area contributed by atoms with Gasteiger partial charge in [-0.3, -0.25) is 28.2 Å². The molecule has 0 aromatic carbocycles. The molecule has 26 heteroatoms. The van der Waals surface area contributed by atoms with E-state index < -0.39 is 162 Å². The molecule has 25 nitrogen and oxygen atoms in total. The minimum atomic E-state index is -5.81. The van der Waals surface area contributed by atoms with Crippen molar-refractivity contribution in [3.63, 3.8) is 0 Å². The van der Waals surface area contributed by atoms with Crippen LogP contribution in [0.1, 0.15) is 401 Å². The highest BCUT2D eigenvalue weighted by Gasteiger charge is 2.60. The Balaban J connectivity index is 1.92. The third kappa shape index (κ3) is 50.2. The van der Waals surface area contributed by atoms with E-state index >= 15 is 0 Å². The van der Waals surface area contributed by atoms with E-state index in [9.17, 15) is 74.6 Å². The molecule has 3 fully saturated rings. The predicted molar refractivity (Wildman–Crippen MR) is 458 cm³/mol. The summed E-state index contributed by atoms with van der Waals surface area (Å²) in [6.45, 7) is 7.90. The molecule has 1 saturated carbocycles. The van der Waals surface area contributed by atoms with E-state index in [4.69, 9.17) is 46.9 Å². The predicted octanol–water partition coefficient (Wildman–Crippen LogP) is 17.6. The van der Waals surface area contributed by atoms with Gasteiger partial charge in [-0.05, 0) is 83.0 Å². The van der Waals surface area contributed by atoms with Crippen LogP contribution in [0, 0.1) is 5.92 Å². The average Bonchev–Trinajstić information content (AvgIpc) is 0.754. The van der Waals surface area contributed by atoms with E-state index in [1.54, 1.807) is 0 Å². The van der Waals surface area contributed by atoms with Crippen LogP contribution in [0.3, 0.4) is 0 Å². The van der Waals surface area contributed by atoms with Crippen molar-refractivity contribution in [3.8, 4) is 0 Å². The van der Waals surface area contributed by atoms with Crippen molar-refractivity contribution in [1.82, 2.24) is 0 Å². The third-order valence-corrected chi connectivity index (χ3v) is 24.3. The Morgan fingerprint density at radius 2 is 0.686 bits per heavy atom. The fourth-order valence-corrected chi connectivity index (χ4v) is 16.6. The molecule has 3 rings (SSSR count). The molecule has 3 aliphatic rings. The maximum Gasteiger partial charge on any atom is 0.472 e. The van der Waals surface area contributed by atoms with E-state index in [2.05, 4.69) is 58.9 Å². The molecule has 2 saturated heterocycles. The fourth-order valence-electron chi connectivity index (χ4n) is 15.7. The molecule has 1 aliphatic carbocycles. The number of carbonyl (C=O) groups excluding carboxylic acids is 4. The highest BCUT2D eigenvalue weighted by Crippen LogP contribution is 2.49. The molecule has 118 heavy (non-hydrogen) atoms. The second-order valence-electron chi connectivity index (χ2n) is 34.1. The molecular formula is C92H169O25P. The van der Waals surface area contributed by atoms with E-state index in [0.717, 1.165) is 161 Å². The normalized spacial score (nSPS) is 25.3. The molecule has 19 unspecified atom stereocenters. The lowest BCUT2D eigenvalue weighted by atomic mass is 9.84. The molecule has 0 aromatic rings. The van der Waals surface area contributed by atoms with Crippen molar-refractivity contribution in [2.45, 2.75) is 505 Å². The molecule has 2 aliphatic heterocycles. The number of hydrogen-bond donors (Lipinski definition) is 10. The maximum absolute atomic E-state index is 14.9. The number of unbranched alkanes of at least 4 members (excludes halogenated alkanes) is 44. The summed E-state index contributed by atoms with van der Waals surface area (Å²) in [5.74, 6) is -2.28. The minimum Gasteiger partial charge on any atom is -0.463 e. The van der Waals surface area contributed by atoms with Gasteiger partial charge in [-0.1, -0.05) is 322 Å². The Kier molecular flexibility index (Phi) is 64.9. The number of phosphoric ester groups is 1. The molecule has 0 bridgehead atoms. The third-order valence-electron chi connectivity index (χ3n) is 23.3. The van der Waals surface area contributed by atoms with Crippen LogP contribution in [0.15, 0.2) is 24.3 Å². The largest absolute Gasteiger partial charge is 0.472 e. The van der Waals surface area contributed by atoms with Crippen molar-refractivity contribution < 1.29 is 122 Å². The van der Waals surface area contributed by atoms with E-state index in [-0.39, 0.29) is 25.7 Å². The lowest BCUT2D eigenvalue weighted by Crippen LogP contribution is -2.70. The molecule has 0 spiro atoms. The standard InChI is InChI=1S/C92H169O25P/c1-6-10-14-18-22-25-28-31-33-36-38-41-44-51-58-64-76(95)109-70-74-80(99)82(101)86(105)92(113-74)116-89-87(114-78(97)66-60-54-46-43-39-35-30-27-24-20-16-12-8-3)83(102)84(103)88(115-91-85(104)81(100)79(98)73(67-93)112-91)90(89)117-118(106,107)110-69-72(111-77(96)65-59-53-45-42-40-37-34-32-29-26-23-19-15-11-7-2)68-108-75(94)63-57-52-48-47-50-56-62-71(5)61-55-49-21-17-13-9-4/h25-26,28-29,71-74,79-93,98-105H,6-24,27,30-70H2,1-5H3,(H,106,107)/b28-25-,29-26-. The molecule has 0 radical (unpaired) electrons. The molecule has 2 heterocycles. The number of ether oxygens (including phenoxy) is 8. The number of phosphoric acid groups is 1. The Morgan fingerprint density at radius 3 is 1.10 bits per heavy atom. The number of aliphatic hydroxyl groups is 9. The van der Waals surface area contributed by atoms with Crippen LogP contribution in [-0.4, -0.2) is 205 Å². The smallest absolute Gasteiger partial charge is 0.463 e. The van der Waals surface area contributed by atoms with Gasteiger partial charge in [0.1, 0.15) is 92.6 Å². The van der Waals surface area contributed by atoms with Gasteiger partial charge in [0.2, 0.25) is 0 Å². The maximum atomic E-state index is 14.9.